The van der Waals surface area contributed by atoms with Crippen molar-refractivity contribution in [3.63, 3.8) is 0 Å². The van der Waals surface area contributed by atoms with Crippen molar-refractivity contribution in [1.29, 1.82) is 0 Å². The molecule has 0 amide bonds. The fourth-order valence-corrected chi connectivity index (χ4v) is 1.93. The molecule has 0 aliphatic heterocycles. The highest BCUT2D eigenvalue weighted by Gasteiger charge is 2.08. The van der Waals surface area contributed by atoms with Crippen LogP contribution in [0.5, 0.6) is 0 Å². The van der Waals surface area contributed by atoms with Crippen LogP contribution in [-0.2, 0) is 13.1 Å². The van der Waals surface area contributed by atoms with E-state index in [1.54, 1.807) is 0 Å². The van der Waals surface area contributed by atoms with Gasteiger partial charge in [0.05, 0.1) is 5.69 Å². The fourth-order valence-electron chi connectivity index (χ4n) is 1.93. The lowest BCUT2D eigenvalue weighted by Crippen LogP contribution is -2.30. The molecule has 0 saturated heterocycles. The number of hydrogen-bond acceptors (Lipinski definition) is 3. The summed E-state index contributed by atoms with van der Waals surface area (Å²) in [7, 11) is 0. The molecular weight excluding hydrogens is 222 g/mol. The lowest BCUT2D eigenvalue weighted by Gasteiger charge is -2.24. The third-order valence-electron chi connectivity index (χ3n) is 3.14. The smallest absolute Gasteiger partial charge is 0.0544 e. The van der Waals surface area contributed by atoms with Crippen molar-refractivity contribution in [2.75, 3.05) is 13.1 Å². The summed E-state index contributed by atoms with van der Waals surface area (Å²) >= 11 is 0. The third-order valence-corrected chi connectivity index (χ3v) is 3.14. The Bertz CT molecular complexity index is 319. The van der Waals surface area contributed by atoms with Crippen LogP contribution >= 0.6 is 0 Å². The van der Waals surface area contributed by atoms with Crippen molar-refractivity contribution in [1.82, 2.24) is 15.2 Å². The Hall–Kier alpha value is -0.930. The Morgan fingerprint density at radius 1 is 1.28 bits per heavy atom. The summed E-state index contributed by atoms with van der Waals surface area (Å²) in [5.41, 5.74) is 2.42. The first-order valence-corrected chi connectivity index (χ1v) is 7.05. The van der Waals surface area contributed by atoms with E-state index < -0.39 is 0 Å². The van der Waals surface area contributed by atoms with E-state index in [9.17, 15) is 0 Å². The lowest BCUT2D eigenvalue weighted by molar-refractivity contribution is 0.222. The van der Waals surface area contributed by atoms with Gasteiger partial charge >= 0.3 is 0 Å². The quantitative estimate of drug-likeness (QED) is 0.718. The number of nitrogens with zero attached hydrogens (tertiary/aromatic N) is 2. The summed E-state index contributed by atoms with van der Waals surface area (Å²) in [4.78, 5) is 6.96. The van der Waals surface area contributed by atoms with Gasteiger partial charge in [-0.25, -0.2) is 0 Å². The molecular formula is C15H27N3. The van der Waals surface area contributed by atoms with Gasteiger partial charge in [0.15, 0.2) is 0 Å². The van der Waals surface area contributed by atoms with Gasteiger partial charge < -0.3 is 5.32 Å². The first kappa shape index (κ1) is 15.1. The standard InChI is InChI=1S/C15H27N3/c1-5-9-16-10-14-7-8-15(17-11-14)12-18(6-2)13(3)4/h7-8,11,13,16H,5-6,9-10,12H2,1-4H3. The second kappa shape index (κ2) is 8.22. The zero-order valence-electron chi connectivity index (χ0n) is 12.2. The van der Waals surface area contributed by atoms with E-state index >= 15 is 0 Å². The van der Waals surface area contributed by atoms with Gasteiger partial charge in [0, 0.05) is 25.3 Å². The molecule has 1 heterocycles. The SMILES string of the molecule is CCCNCc1ccc(CN(CC)C(C)C)nc1. The predicted octanol–water partition coefficient (Wildman–Crippen LogP) is 2.81. The molecule has 3 nitrogen and oxygen atoms in total. The Balaban J connectivity index is 2.49. The maximum atomic E-state index is 4.55. The Morgan fingerprint density at radius 2 is 2.06 bits per heavy atom. The average molecular weight is 249 g/mol. The maximum absolute atomic E-state index is 4.55. The van der Waals surface area contributed by atoms with Crippen LogP contribution in [0, 0.1) is 0 Å². The lowest BCUT2D eigenvalue weighted by atomic mass is 10.2. The van der Waals surface area contributed by atoms with E-state index in [-0.39, 0.29) is 0 Å². The third kappa shape index (κ3) is 5.15. The molecule has 0 saturated carbocycles. The molecule has 3 heteroatoms. The molecule has 1 aromatic heterocycles. The van der Waals surface area contributed by atoms with E-state index in [2.05, 4.69) is 55.0 Å². The van der Waals surface area contributed by atoms with Gasteiger partial charge in [0.2, 0.25) is 0 Å². The van der Waals surface area contributed by atoms with Crippen molar-refractivity contribution in [3.8, 4) is 0 Å². The summed E-state index contributed by atoms with van der Waals surface area (Å²) in [6.07, 6.45) is 3.16. The van der Waals surface area contributed by atoms with Gasteiger partial charge in [0.1, 0.15) is 0 Å². The van der Waals surface area contributed by atoms with Gasteiger partial charge in [0.25, 0.3) is 0 Å². The first-order valence-electron chi connectivity index (χ1n) is 7.05. The monoisotopic (exact) mass is 249 g/mol. The Kier molecular flexibility index (Phi) is 6.91. The van der Waals surface area contributed by atoms with Gasteiger partial charge in [-0.15, -0.1) is 0 Å². The second-order valence-electron chi connectivity index (χ2n) is 4.99. The summed E-state index contributed by atoms with van der Waals surface area (Å²) in [6, 6.07) is 4.90. The molecule has 0 fully saturated rings. The van der Waals surface area contributed by atoms with E-state index in [0.717, 1.165) is 31.9 Å². The number of rotatable bonds is 8. The highest BCUT2D eigenvalue weighted by Crippen LogP contribution is 2.07. The fraction of sp³-hybridized carbons (Fsp3) is 0.667. The minimum absolute atomic E-state index is 0.572. The van der Waals surface area contributed by atoms with Crippen molar-refractivity contribution in [2.24, 2.45) is 0 Å². The largest absolute Gasteiger partial charge is 0.313 e. The second-order valence-corrected chi connectivity index (χ2v) is 4.99. The molecule has 1 rings (SSSR count). The van der Waals surface area contributed by atoms with Crippen LogP contribution in [0.2, 0.25) is 0 Å². The van der Waals surface area contributed by atoms with Crippen LogP contribution in [0.1, 0.15) is 45.4 Å². The molecule has 0 aromatic carbocycles. The summed E-state index contributed by atoms with van der Waals surface area (Å²) in [5, 5.41) is 3.39. The normalized spacial score (nSPS) is 11.4. The predicted molar refractivity (Wildman–Crippen MR) is 77.5 cm³/mol. The molecule has 0 radical (unpaired) electrons. The summed E-state index contributed by atoms with van der Waals surface area (Å²) in [6.45, 7) is 12.8. The van der Waals surface area contributed by atoms with Crippen LogP contribution < -0.4 is 5.32 Å². The first-order chi connectivity index (χ1) is 8.67. The highest BCUT2D eigenvalue weighted by atomic mass is 15.1. The molecule has 1 N–H and O–H groups in total. The van der Waals surface area contributed by atoms with Crippen molar-refractivity contribution < 1.29 is 0 Å². The van der Waals surface area contributed by atoms with E-state index in [0.29, 0.717) is 6.04 Å². The van der Waals surface area contributed by atoms with Crippen LogP contribution in [-0.4, -0.2) is 29.0 Å². The van der Waals surface area contributed by atoms with Gasteiger partial charge in [-0.05, 0) is 45.0 Å². The molecule has 0 aliphatic rings. The van der Waals surface area contributed by atoms with Crippen LogP contribution in [0.4, 0.5) is 0 Å². The van der Waals surface area contributed by atoms with Gasteiger partial charge in [-0.3, -0.25) is 9.88 Å². The van der Waals surface area contributed by atoms with Crippen LogP contribution in [0.15, 0.2) is 18.3 Å². The molecule has 1 aromatic rings. The number of pyridine rings is 1. The molecule has 18 heavy (non-hydrogen) atoms. The van der Waals surface area contributed by atoms with Crippen LogP contribution in [0.25, 0.3) is 0 Å². The molecule has 0 atom stereocenters. The minimum atomic E-state index is 0.572. The van der Waals surface area contributed by atoms with Crippen molar-refractivity contribution in [2.45, 2.75) is 53.2 Å². The molecule has 0 unspecified atom stereocenters. The number of aromatic nitrogens is 1. The van der Waals surface area contributed by atoms with Gasteiger partial charge in [-0.2, -0.15) is 0 Å². The maximum Gasteiger partial charge on any atom is 0.0544 e. The highest BCUT2D eigenvalue weighted by molar-refractivity contribution is 5.14. The number of nitrogens with one attached hydrogen (secondary N) is 1. The molecule has 102 valence electrons. The average Bonchev–Trinajstić information content (AvgIpc) is 2.37. The van der Waals surface area contributed by atoms with Crippen molar-refractivity contribution in [3.05, 3.63) is 29.6 Å². The zero-order valence-corrected chi connectivity index (χ0v) is 12.2. The number of hydrogen-bond donors (Lipinski definition) is 1. The molecule has 0 spiro atoms. The Morgan fingerprint density at radius 3 is 2.56 bits per heavy atom. The van der Waals surface area contributed by atoms with E-state index in [4.69, 9.17) is 0 Å². The minimum Gasteiger partial charge on any atom is -0.313 e. The topological polar surface area (TPSA) is 28.2 Å². The molecule has 0 aliphatic carbocycles. The van der Waals surface area contributed by atoms with Crippen LogP contribution in [0.3, 0.4) is 0 Å². The van der Waals surface area contributed by atoms with E-state index in [1.165, 1.54) is 12.0 Å². The summed E-state index contributed by atoms with van der Waals surface area (Å²) < 4.78 is 0. The van der Waals surface area contributed by atoms with Gasteiger partial charge in [-0.1, -0.05) is 19.9 Å². The zero-order chi connectivity index (χ0) is 13.4. The van der Waals surface area contributed by atoms with E-state index in [1.807, 2.05) is 6.20 Å². The van der Waals surface area contributed by atoms with Crippen molar-refractivity contribution >= 4 is 0 Å². The summed E-state index contributed by atoms with van der Waals surface area (Å²) in [5.74, 6) is 0. The Labute approximate surface area is 112 Å². The molecule has 0 bridgehead atoms.